The van der Waals surface area contributed by atoms with E-state index in [1.54, 1.807) is 20.3 Å². The molecule has 0 aliphatic carbocycles. The highest BCUT2D eigenvalue weighted by Crippen LogP contribution is 2.27. The molecule has 0 aromatic heterocycles. The number of carbonyl (C=O) groups excluding carboxylic acids is 1. The lowest BCUT2D eigenvalue weighted by Gasteiger charge is -2.21. The average Bonchev–Trinajstić information content (AvgIpc) is 2.61. The zero-order valence-electron chi connectivity index (χ0n) is 13.9. The number of rotatable bonds is 8. The first-order valence-corrected chi connectivity index (χ1v) is 8.07. The molecule has 6 nitrogen and oxygen atoms in total. The van der Waals surface area contributed by atoms with Crippen molar-refractivity contribution in [2.45, 2.75) is 19.3 Å². The van der Waals surface area contributed by atoms with E-state index in [1.807, 2.05) is 12.1 Å². The Bertz CT molecular complexity index is 479. The Morgan fingerprint density at radius 1 is 1.22 bits per heavy atom. The Morgan fingerprint density at radius 2 is 1.91 bits per heavy atom. The topological polar surface area (TPSA) is 68.8 Å². The van der Waals surface area contributed by atoms with Gasteiger partial charge in [-0.05, 0) is 25.8 Å². The lowest BCUT2D eigenvalue weighted by Crippen LogP contribution is -2.40. The first kappa shape index (κ1) is 17.4. The van der Waals surface area contributed by atoms with Gasteiger partial charge in [0.25, 0.3) is 0 Å². The number of benzene rings is 1. The molecule has 1 aliphatic rings. The Balaban J connectivity index is 1.68. The molecule has 0 saturated carbocycles. The van der Waals surface area contributed by atoms with Crippen molar-refractivity contribution in [2.75, 3.05) is 40.5 Å². The van der Waals surface area contributed by atoms with Gasteiger partial charge in [0, 0.05) is 31.3 Å². The van der Waals surface area contributed by atoms with Crippen molar-refractivity contribution in [1.29, 1.82) is 0 Å². The molecule has 1 heterocycles. The maximum Gasteiger partial charge on any atom is 0.224 e. The van der Waals surface area contributed by atoms with Crippen molar-refractivity contribution in [3.8, 4) is 17.2 Å². The van der Waals surface area contributed by atoms with Gasteiger partial charge in [-0.2, -0.15) is 0 Å². The maximum atomic E-state index is 12.0. The molecule has 1 aliphatic heterocycles. The van der Waals surface area contributed by atoms with Gasteiger partial charge in [0.1, 0.15) is 17.2 Å². The molecule has 1 aromatic carbocycles. The van der Waals surface area contributed by atoms with Gasteiger partial charge < -0.3 is 24.8 Å². The van der Waals surface area contributed by atoms with Crippen LogP contribution < -0.4 is 24.8 Å². The molecule has 1 amide bonds. The first-order valence-electron chi connectivity index (χ1n) is 8.07. The largest absolute Gasteiger partial charge is 0.496 e. The average molecular weight is 322 g/mol. The molecule has 1 unspecified atom stereocenters. The third kappa shape index (κ3) is 5.63. The number of piperidine rings is 1. The van der Waals surface area contributed by atoms with Crippen LogP contribution in [0, 0.1) is 5.92 Å². The van der Waals surface area contributed by atoms with E-state index in [4.69, 9.17) is 14.2 Å². The van der Waals surface area contributed by atoms with E-state index >= 15 is 0 Å². The normalized spacial score (nSPS) is 17.4. The van der Waals surface area contributed by atoms with Crippen LogP contribution in [0.3, 0.4) is 0 Å². The second-order valence-electron chi connectivity index (χ2n) is 5.58. The van der Waals surface area contributed by atoms with Gasteiger partial charge in [0.15, 0.2) is 0 Å². The van der Waals surface area contributed by atoms with Crippen molar-refractivity contribution >= 4 is 5.91 Å². The van der Waals surface area contributed by atoms with Crippen LogP contribution in [0.1, 0.15) is 19.3 Å². The number of ether oxygens (including phenoxy) is 3. The number of hydrogen-bond donors (Lipinski definition) is 2. The van der Waals surface area contributed by atoms with E-state index in [1.165, 1.54) is 0 Å². The van der Waals surface area contributed by atoms with Crippen LogP contribution in [0.2, 0.25) is 0 Å². The maximum absolute atomic E-state index is 12.0. The predicted octanol–water partition coefficient (Wildman–Crippen LogP) is 1.59. The number of carbonyl (C=O) groups is 1. The molecule has 6 heteroatoms. The third-order valence-corrected chi connectivity index (χ3v) is 3.88. The summed E-state index contributed by atoms with van der Waals surface area (Å²) in [5.74, 6) is 2.33. The monoisotopic (exact) mass is 322 g/mol. The summed E-state index contributed by atoms with van der Waals surface area (Å²) in [5.41, 5.74) is 0. The van der Waals surface area contributed by atoms with Crippen molar-refractivity contribution in [3.63, 3.8) is 0 Å². The summed E-state index contributed by atoms with van der Waals surface area (Å²) in [6.45, 7) is 2.95. The Hall–Kier alpha value is -1.95. The summed E-state index contributed by atoms with van der Waals surface area (Å²) in [6.07, 6.45) is 2.79. The number of amides is 1. The van der Waals surface area contributed by atoms with Crippen molar-refractivity contribution in [1.82, 2.24) is 10.6 Å². The van der Waals surface area contributed by atoms with Crippen molar-refractivity contribution < 1.29 is 19.0 Å². The third-order valence-electron chi connectivity index (χ3n) is 3.88. The second-order valence-corrected chi connectivity index (χ2v) is 5.58. The SMILES string of the molecule is COc1cc(OC)cc(OCCCNC(=O)C2CCCNC2)c1. The predicted molar refractivity (Wildman–Crippen MR) is 88.3 cm³/mol. The van der Waals surface area contributed by atoms with Gasteiger partial charge in [-0.1, -0.05) is 0 Å². The molecular weight excluding hydrogens is 296 g/mol. The minimum Gasteiger partial charge on any atom is -0.496 e. The minimum atomic E-state index is 0.104. The molecule has 2 rings (SSSR count). The Kier molecular flexibility index (Phi) is 7.00. The zero-order valence-corrected chi connectivity index (χ0v) is 13.9. The first-order chi connectivity index (χ1) is 11.2. The van der Waals surface area contributed by atoms with E-state index in [2.05, 4.69) is 10.6 Å². The molecule has 23 heavy (non-hydrogen) atoms. The molecular formula is C17H26N2O4. The van der Waals surface area contributed by atoms with E-state index in [0.717, 1.165) is 32.4 Å². The van der Waals surface area contributed by atoms with E-state index in [0.29, 0.717) is 30.4 Å². The second kappa shape index (κ2) is 9.25. The van der Waals surface area contributed by atoms with Crippen LogP contribution in [-0.2, 0) is 4.79 Å². The minimum absolute atomic E-state index is 0.104. The fourth-order valence-electron chi connectivity index (χ4n) is 2.56. The van der Waals surface area contributed by atoms with Crippen LogP contribution in [0.4, 0.5) is 0 Å². The quantitative estimate of drug-likeness (QED) is 0.711. The van der Waals surface area contributed by atoms with Crippen LogP contribution >= 0.6 is 0 Å². The Morgan fingerprint density at radius 3 is 2.52 bits per heavy atom. The summed E-state index contributed by atoms with van der Waals surface area (Å²) in [7, 11) is 3.21. The van der Waals surface area contributed by atoms with Crippen molar-refractivity contribution in [3.05, 3.63) is 18.2 Å². The van der Waals surface area contributed by atoms with Gasteiger partial charge in [-0.15, -0.1) is 0 Å². The van der Waals surface area contributed by atoms with Crippen LogP contribution in [0.25, 0.3) is 0 Å². The van der Waals surface area contributed by atoms with E-state index < -0.39 is 0 Å². The molecule has 1 fully saturated rings. The van der Waals surface area contributed by atoms with E-state index in [9.17, 15) is 4.79 Å². The lowest BCUT2D eigenvalue weighted by atomic mass is 9.99. The van der Waals surface area contributed by atoms with Gasteiger partial charge in [0.2, 0.25) is 5.91 Å². The van der Waals surface area contributed by atoms with Gasteiger partial charge in [0.05, 0.1) is 26.7 Å². The van der Waals surface area contributed by atoms with Gasteiger partial charge >= 0.3 is 0 Å². The Labute approximate surface area is 137 Å². The smallest absolute Gasteiger partial charge is 0.224 e. The van der Waals surface area contributed by atoms with Gasteiger partial charge in [-0.3, -0.25) is 4.79 Å². The van der Waals surface area contributed by atoms with Crippen LogP contribution in [-0.4, -0.2) is 46.4 Å². The molecule has 1 saturated heterocycles. The number of nitrogens with one attached hydrogen (secondary N) is 2. The molecule has 0 bridgehead atoms. The highest BCUT2D eigenvalue weighted by Gasteiger charge is 2.19. The molecule has 2 N–H and O–H groups in total. The fourth-order valence-corrected chi connectivity index (χ4v) is 2.56. The summed E-state index contributed by atoms with van der Waals surface area (Å²) in [5, 5.41) is 6.23. The number of methoxy groups -OCH3 is 2. The summed E-state index contributed by atoms with van der Waals surface area (Å²) in [6, 6.07) is 5.43. The molecule has 128 valence electrons. The van der Waals surface area contributed by atoms with Gasteiger partial charge in [-0.25, -0.2) is 0 Å². The molecule has 1 atom stereocenters. The zero-order chi connectivity index (χ0) is 16.5. The summed E-state index contributed by atoms with van der Waals surface area (Å²) >= 11 is 0. The molecule has 0 radical (unpaired) electrons. The number of hydrogen-bond acceptors (Lipinski definition) is 5. The summed E-state index contributed by atoms with van der Waals surface area (Å²) in [4.78, 5) is 12.0. The molecule has 1 aromatic rings. The van der Waals surface area contributed by atoms with E-state index in [-0.39, 0.29) is 11.8 Å². The van der Waals surface area contributed by atoms with Crippen LogP contribution in [0.5, 0.6) is 17.2 Å². The fraction of sp³-hybridized carbons (Fsp3) is 0.588. The summed E-state index contributed by atoms with van der Waals surface area (Å²) < 4.78 is 16.1. The van der Waals surface area contributed by atoms with Crippen LogP contribution in [0.15, 0.2) is 18.2 Å². The molecule has 0 spiro atoms. The lowest BCUT2D eigenvalue weighted by molar-refractivity contribution is -0.125. The highest BCUT2D eigenvalue weighted by molar-refractivity contribution is 5.78. The standard InChI is InChI=1S/C17H26N2O4/c1-21-14-9-15(22-2)11-16(10-14)23-8-4-7-19-17(20)13-5-3-6-18-12-13/h9-11,13,18H,3-8,12H2,1-2H3,(H,19,20). The van der Waals surface area contributed by atoms with Crippen molar-refractivity contribution in [2.24, 2.45) is 5.92 Å². The highest BCUT2D eigenvalue weighted by atomic mass is 16.5.